The van der Waals surface area contributed by atoms with Crippen LogP contribution < -0.4 is 0 Å². The van der Waals surface area contributed by atoms with E-state index in [1.165, 1.54) is 0 Å². The van der Waals surface area contributed by atoms with E-state index in [2.05, 4.69) is 10.1 Å². The average molecular weight is 323 g/mol. The molecule has 1 spiro atoms. The van der Waals surface area contributed by atoms with Crippen LogP contribution in [-0.4, -0.2) is 59.5 Å². The van der Waals surface area contributed by atoms with Gasteiger partial charge in [-0.25, -0.2) is 0 Å². The summed E-state index contributed by atoms with van der Waals surface area (Å²) in [6.45, 7) is 9.12. The highest BCUT2D eigenvalue weighted by molar-refractivity contribution is 5.77. The van der Waals surface area contributed by atoms with Crippen LogP contribution in [0, 0.1) is 0 Å². The molecule has 0 saturated carbocycles. The molecule has 1 amide bonds. The molecule has 1 atom stereocenters. The SMILES string of the molecule is CC(C)(C)c1noc(CCC(=O)N2CCOC[C@@]23CCOC3)n1. The third-order valence-electron chi connectivity index (χ3n) is 4.48. The van der Waals surface area contributed by atoms with Crippen molar-refractivity contribution in [3.63, 3.8) is 0 Å². The van der Waals surface area contributed by atoms with Gasteiger partial charge in [0, 0.05) is 31.4 Å². The minimum atomic E-state index is -0.277. The van der Waals surface area contributed by atoms with Crippen molar-refractivity contribution in [2.24, 2.45) is 0 Å². The lowest BCUT2D eigenvalue weighted by Gasteiger charge is -2.43. The average Bonchev–Trinajstić information content (AvgIpc) is 3.15. The van der Waals surface area contributed by atoms with Gasteiger partial charge in [0.2, 0.25) is 11.8 Å². The van der Waals surface area contributed by atoms with E-state index in [1.54, 1.807) is 0 Å². The summed E-state index contributed by atoms with van der Waals surface area (Å²) < 4.78 is 16.3. The molecule has 3 heterocycles. The second kappa shape index (κ2) is 6.20. The van der Waals surface area contributed by atoms with E-state index in [9.17, 15) is 4.79 Å². The first kappa shape index (κ1) is 16.4. The van der Waals surface area contributed by atoms with Crippen molar-refractivity contribution in [3.8, 4) is 0 Å². The molecule has 2 fully saturated rings. The molecule has 1 aromatic rings. The maximum atomic E-state index is 12.7. The Hall–Kier alpha value is -1.47. The number of aromatic nitrogens is 2. The fraction of sp³-hybridized carbons (Fsp3) is 0.812. The van der Waals surface area contributed by atoms with Crippen molar-refractivity contribution in [1.29, 1.82) is 0 Å². The molecule has 0 N–H and O–H groups in total. The molecule has 2 saturated heterocycles. The second-order valence-electron chi connectivity index (χ2n) is 7.39. The van der Waals surface area contributed by atoms with Crippen LogP contribution in [0.15, 0.2) is 4.52 Å². The van der Waals surface area contributed by atoms with Crippen molar-refractivity contribution in [1.82, 2.24) is 15.0 Å². The molecule has 23 heavy (non-hydrogen) atoms. The molecule has 0 radical (unpaired) electrons. The van der Waals surface area contributed by atoms with E-state index in [1.807, 2.05) is 25.7 Å². The fourth-order valence-corrected chi connectivity index (χ4v) is 3.06. The van der Waals surface area contributed by atoms with Gasteiger partial charge in [0.05, 0.1) is 25.4 Å². The van der Waals surface area contributed by atoms with Crippen LogP contribution in [0.5, 0.6) is 0 Å². The molecule has 2 aliphatic rings. The minimum absolute atomic E-state index is 0.106. The third-order valence-corrected chi connectivity index (χ3v) is 4.48. The van der Waals surface area contributed by atoms with Gasteiger partial charge in [-0.05, 0) is 6.42 Å². The van der Waals surface area contributed by atoms with Crippen molar-refractivity contribution in [2.45, 2.75) is 51.0 Å². The number of carbonyl (C=O) groups is 1. The monoisotopic (exact) mass is 323 g/mol. The highest BCUT2D eigenvalue weighted by Crippen LogP contribution is 2.30. The number of morpholine rings is 1. The molecule has 7 heteroatoms. The zero-order valence-corrected chi connectivity index (χ0v) is 14.1. The Labute approximate surface area is 136 Å². The smallest absolute Gasteiger partial charge is 0.227 e. The van der Waals surface area contributed by atoms with Gasteiger partial charge in [-0.2, -0.15) is 4.98 Å². The summed E-state index contributed by atoms with van der Waals surface area (Å²) in [5, 5.41) is 4.00. The minimum Gasteiger partial charge on any atom is -0.379 e. The summed E-state index contributed by atoms with van der Waals surface area (Å²) >= 11 is 0. The lowest BCUT2D eigenvalue weighted by Crippen LogP contribution is -2.59. The molecule has 3 rings (SSSR count). The largest absolute Gasteiger partial charge is 0.379 e. The number of amides is 1. The predicted octanol–water partition coefficient (Wildman–Crippen LogP) is 1.32. The Morgan fingerprint density at radius 2 is 2.00 bits per heavy atom. The van der Waals surface area contributed by atoms with E-state index in [0.29, 0.717) is 57.5 Å². The normalized spacial score (nSPS) is 25.3. The summed E-state index contributed by atoms with van der Waals surface area (Å²) in [6, 6.07) is 0. The first-order valence-corrected chi connectivity index (χ1v) is 8.20. The van der Waals surface area contributed by atoms with Crippen LogP contribution in [0.3, 0.4) is 0 Å². The summed E-state index contributed by atoms with van der Waals surface area (Å²) in [4.78, 5) is 19.0. The fourth-order valence-electron chi connectivity index (χ4n) is 3.06. The standard InChI is InChI=1S/C16H25N3O4/c1-15(2,3)14-17-12(23-18-14)4-5-13(20)19-7-9-22-11-16(19)6-8-21-10-16/h4-11H2,1-3H3/t16-/m0/s1. The van der Waals surface area contributed by atoms with Crippen molar-refractivity contribution < 1.29 is 18.8 Å². The van der Waals surface area contributed by atoms with Crippen LogP contribution in [-0.2, 0) is 26.1 Å². The number of hydrogen-bond donors (Lipinski definition) is 0. The Bertz CT molecular complexity index is 558. The van der Waals surface area contributed by atoms with Gasteiger partial charge < -0.3 is 18.9 Å². The van der Waals surface area contributed by atoms with Crippen molar-refractivity contribution in [2.75, 3.05) is 33.0 Å². The molecule has 2 aliphatic heterocycles. The number of carbonyl (C=O) groups excluding carboxylic acids is 1. The van der Waals surface area contributed by atoms with Gasteiger partial charge in [0.15, 0.2) is 5.82 Å². The Morgan fingerprint density at radius 1 is 1.26 bits per heavy atom. The van der Waals surface area contributed by atoms with Gasteiger partial charge >= 0.3 is 0 Å². The van der Waals surface area contributed by atoms with Gasteiger partial charge in [-0.1, -0.05) is 25.9 Å². The molecule has 1 aromatic heterocycles. The summed E-state index contributed by atoms with van der Waals surface area (Å²) in [6.07, 6.45) is 1.68. The first-order chi connectivity index (χ1) is 10.9. The highest BCUT2D eigenvalue weighted by atomic mass is 16.5. The maximum Gasteiger partial charge on any atom is 0.227 e. The molecule has 0 aromatic carbocycles. The third kappa shape index (κ3) is 3.40. The highest BCUT2D eigenvalue weighted by Gasteiger charge is 2.45. The molecule has 0 bridgehead atoms. The van der Waals surface area contributed by atoms with Crippen molar-refractivity contribution in [3.05, 3.63) is 11.7 Å². The Balaban J connectivity index is 1.61. The zero-order chi connectivity index (χ0) is 16.5. The van der Waals surface area contributed by atoms with E-state index in [0.717, 1.165) is 6.42 Å². The van der Waals surface area contributed by atoms with Crippen LogP contribution in [0.25, 0.3) is 0 Å². The predicted molar refractivity (Wildman–Crippen MR) is 82.0 cm³/mol. The van der Waals surface area contributed by atoms with Crippen LogP contribution >= 0.6 is 0 Å². The maximum absolute atomic E-state index is 12.7. The lowest BCUT2D eigenvalue weighted by atomic mass is 9.95. The number of aryl methyl sites for hydroxylation is 1. The molecular formula is C16H25N3O4. The quantitative estimate of drug-likeness (QED) is 0.835. The molecule has 7 nitrogen and oxygen atoms in total. The zero-order valence-electron chi connectivity index (χ0n) is 14.1. The molecule has 0 unspecified atom stereocenters. The van der Waals surface area contributed by atoms with Crippen LogP contribution in [0.4, 0.5) is 0 Å². The Kier molecular flexibility index (Phi) is 4.42. The molecule has 0 aliphatic carbocycles. The van der Waals surface area contributed by atoms with E-state index >= 15 is 0 Å². The van der Waals surface area contributed by atoms with Crippen molar-refractivity contribution >= 4 is 5.91 Å². The molecular weight excluding hydrogens is 298 g/mol. The summed E-state index contributed by atoms with van der Waals surface area (Å²) in [7, 11) is 0. The molecule has 128 valence electrons. The number of ether oxygens (including phenoxy) is 2. The number of nitrogens with zero attached hydrogens (tertiary/aromatic N) is 3. The summed E-state index contributed by atoms with van der Waals surface area (Å²) in [5.41, 5.74) is -0.429. The van der Waals surface area contributed by atoms with Gasteiger partial charge in [-0.15, -0.1) is 0 Å². The number of rotatable bonds is 3. The topological polar surface area (TPSA) is 77.7 Å². The van der Waals surface area contributed by atoms with Gasteiger partial charge in [0.25, 0.3) is 0 Å². The summed E-state index contributed by atoms with van der Waals surface area (Å²) in [5.74, 6) is 1.30. The second-order valence-corrected chi connectivity index (χ2v) is 7.39. The van der Waals surface area contributed by atoms with E-state index in [-0.39, 0.29) is 16.9 Å². The van der Waals surface area contributed by atoms with Crippen LogP contribution in [0.1, 0.15) is 45.3 Å². The van der Waals surface area contributed by atoms with Gasteiger partial charge in [0.1, 0.15) is 0 Å². The van der Waals surface area contributed by atoms with Gasteiger partial charge in [-0.3, -0.25) is 4.79 Å². The van der Waals surface area contributed by atoms with Crippen LogP contribution in [0.2, 0.25) is 0 Å². The first-order valence-electron chi connectivity index (χ1n) is 8.20. The van der Waals surface area contributed by atoms with E-state index < -0.39 is 0 Å². The number of hydrogen-bond acceptors (Lipinski definition) is 6. The Morgan fingerprint density at radius 3 is 2.65 bits per heavy atom. The van der Waals surface area contributed by atoms with E-state index in [4.69, 9.17) is 14.0 Å². The lowest BCUT2D eigenvalue weighted by molar-refractivity contribution is -0.149.